The minimum atomic E-state index is -0.646. The van der Waals surface area contributed by atoms with E-state index in [9.17, 15) is 14.4 Å². The minimum absolute atomic E-state index is 0.0325. The Hall–Kier alpha value is -3.82. The second kappa shape index (κ2) is 8.85. The molecule has 1 amide bonds. The molecule has 1 aliphatic heterocycles. The van der Waals surface area contributed by atoms with Gasteiger partial charge in [0.2, 0.25) is 12.7 Å². The Bertz CT molecular complexity index is 1560. The number of benzene rings is 2. The number of ether oxygens (including phenoxy) is 2. The van der Waals surface area contributed by atoms with Crippen molar-refractivity contribution in [3.05, 3.63) is 91.2 Å². The van der Waals surface area contributed by atoms with Crippen molar-refractivity contribution < 1.29 is 14.3 Å². The lowest BCUT2D eigenvalue weighted by atomic mass is 10.2. The maximum absolute atomic E-state index is 13.4. The van der Waals surface area contributed by atoms with Gasteiger partial charge in [0.15, 0.2) is 17.0 Å². The van der Waals surface area contributed by atoms with Crippen LogP contribution in [0.4, 0.5) is 5.69 Å². The van der Waals surface area contributed by atoms with Crippen LogP contribution in [0.2, 0.25) is 10.0 Å². The number of carbonyl (C=O) groups is 1. The summed E-state index contributed by atoms with van der Waals surface area (Å²) in [7, 11) is 0. The van der Waals surface area contributed by atoms with E-state index in [2.05, 4.69) is 10.3 Å². The van der Waals surface area contributed by atoms with Crippen LogP contribution in [0.25, 0.3) is 11.0 Å². The molecule has 4 aromatic rings. The highest BCUT2D eigenvalue weighted by molar-refractivity contribution is 6.42. The number of fused-ring (bicyclic) bond motifs is 2. The van der Waals surface area contributed by atoms with Crippen molar-refractivity contribution in [1.29, 1.82) is 0 Å². The third kappa shape index (κ3) is 4.11. The molecule has 0 saturated heterocycles. The number of carbonyl (C=O) groups excluding carboxylic acids is 1. The van der Waals surface area contributed by atoms with Gasteiger partial charge in [-0.25, -0.2) is 9.78 Å². The SMILES string of the molecule is O=C(Cn1c(=O)n(Cc2ccc3c(c2)OCO3)c(=O)c2ncccc21)Nc1ccc(Cl)c(Cl)c1. The van der Waals surface area contributed by atoms with E-state index in [0.717, 1.165) is 4.57 Å². The van der Waals surface area contributed by atoms with Gasteiger partial charge in [-0.15, -0.1) is 0 Å². The van der Waals surface area contributed by atoms with Crippen LogP contribution in [0.5, 0.6) is 11.5 Å². The van der Waals surface area contributed by atoms with Crippen molar-refractivity contribution in [2.75, 3.05) is 12.1 Å². The molecule has 0 aliphatic carbocycles. The van der Waals surface area contributed by atoms with E-state index in [1.807, 2.05) is 0 Å². The molecule has 172 valence electrons. The predicted octanol–water partition coefficient (Wildman–Crippen LogP) is 3.28. The number of aromatic nitrogens is 3. The molecule has 9 nitrogen and oxygen atoms in total. The van der Waals surface area contributed by atoms with Crippen molar-refractivity contribution in [2.24, 2.45) is 0 Å². The molecule has 2 aromatic heterocycles. The molecule has 11 heteroatoms. The van der Waals surface area contributed by atoms with Crippen molar-refractivity contribution in [1.82, 2.24) is 14.1 Å². The molecule has 0 fully saturated rings. The summed E-state index contributed by atoms with van der Waals surface area (Å²) in [6.45, 7) is -0.267. The molecule has 34 heavy (non-hydrogen) atoms. The Morgan fingerprint density at radius 1 is 1.00 bits per heavy atom. The van der Waals surface area contributed by atoms with Gasteiger partial charge in [0, 0.05) is 11.9 Å². The van der Waals surface area contributed by atoms with Crippen molar-refractivity contribution in [3.63, 3.8) is 0 Å². The maximum Gasteiger partial charge on any atom is 0.332 e. The van der Waals surface area contributed by atoms with Crippen molar-refractivity contribution in [3.8, 4) is 11.5 Å². The summed E-state index contributed by atoms with van der Waals surface area (Å²) >= 11 is 11.9. The molecule has 1 N–H and O–H groups in total. The van der Waals surface area contributed by atoms with E-state index in [-0.39, 0.29) is 35.9 Å². The number of pyridine rings is 1. The first-order valence-corrected chi connectivity index (χ1v) is 10.9. The topological polar surface area (TPSA) is 104 Å². The van der Waals surface area contributed by atoms with E-state index >= 15 is 0 Å². The van der Waals surface area contributed by atoms with Crippen LogP contribution in [0, 0.1) is 0 Å². The molecule has 0 radical (unpaired) electrons. The molecule has 1 aliphatic rings. The van der Waals surface area contributed by atoms with E-state index in [0.29, 0.717) is 27.8 Å². The molecule has 0 spiro atoms. The van der Waals surface area contributed by atoms with Gasteiger partial charge in [-0.1, -0.05) is 29.3 Å². The first-order chi connectivity index (χ1) is 16.4. The van der Waals surface area contributed by atoms with Gasteiger partial charge >= 0.3 is 5.69 Å². The Morgan fingerprint density at radius 2 is 1.82 bits per heavy atom. The Kier molecular flexibility index (Phi) is 5.72. The lowest BCUT2D eigenvalue weighted by molar-refractivity contribution is -0.116. The zero-order valence-electron chi connectivity index (χ0n) is 17.5. The predicted molar refractivity (Wildman–Crippen MR) is 127 cm³/mol. The molecule has 3 heterocycles. The Balaban J connectivity index is 1.52. The van der Waals surface area contributed by atoms with Crippen LogP contribution in [-0.2, 0) is 17.9 Å². The summed E-state index contributed by atoms with van der Waals surface area (Å²) in [5, 5.41) is 3.31. The first kappa shape index (κ1) is 22.0. The zero-order chi connectivity index (χ0) is 23.8. The fraction of sp³-hybridized carbons (Fsp3) is 0.130. The average Bonchev–Trinajstić information content (AvgIpc) is 3.30. The zero-order valence-corrected chi connectivity index (χ0v) is 19.0. The second-order valence-electron chi connectivity index (χ2n) is 7.50. The molecular formula is C23H16Cl2N4O5. The average molecular weight is 499 g/mol. The van der Waals surface area contributed by atoms with E-state index in [1.54, 1.807) is 42.5 Å². The number of hydrogen-bond acceptors (Lipinski definition) is 6. The summed E-state index contributed by atoms with van der Waals surface area (Å²) in [4.78, 5) is 43.4. The first-order valence-electron chi connectivity index (χ1n) is 10.1. The molecule has 0 unspecified atom stereocenters. The molecular weight excluding hydrogens is 483 g/mol. The number of hydrogen-bond donors (Lipinski definition) is 1. The minimum Gasteiger partial charge on any atom is -0.454 e. The summed E-state index contributed by atoms with van der Waals surface area (Å²) in [6, 6.07) is 13.0. The Labute approximate surface area is 202 Å². The van der Waals surface area contributed by atoms with Gasteiger partial charge in [-0.05, 0) is 48.0 Å². The van der Waals surface area contributed by atoms with Gasteiger partial charge in [0.1, 0.15) is 6.54 Å². The van der Waals surface area contributed by atoms with Crippen LogP contribution >= 0.6 is 23.2 Å². The lowest BCUT2D eigenvalue weighted by Gasteiger charge is -2.14. The number of nitrogens with zero attached hydrogens (tertiary/aromatic N) is 3. The number of anilines is 1. The summed E-state index contributed by atoms with van der Waals surface area (Å²) in [5.41, 5.74) is 0.204. The summed E-state index contributed by atoms with van der Waals surface area (Å²) < 4.78 is 12.9. The van der Waals surface area contributed by atoms with Gasteiger partial charge in [-0.2, -0.15) is 0 Å². The highest BCUT2D eigenvalue weighted by atomic mass is 35.5. The van der Waals surface area contributed by atoms with Crippen LogP contribution in [0.3, 0.4) is 0 Å². The second-order valence-corrected chi connectivity index (χ2v) is 8.31. The third-order valence-electron chi connectivity index (χ3n) is 5.27. The Morgan fingerprint density at radius 3 is 2.65 bits per heavy atom. The lowest BCUT2D eigenvalue weighted by Crippen LogP contribution is -2.42. The largest absolute Gasteiger partial charge is 0.454 e. The standard InChI is InChI=1S/C23H16Cl2N4O5/c24-15-5-4-14(9-16(15)25)27-20(30)11-28-17-2-1-7-26-21(17)22(31)29(23(28)32)10-13-3-6-18-19(8-13)34-12-33-18/h1-9H,10-12H2,(H,27,30). The van der Waals surface area contributed by atoms with Crippen molar-refractivity contribution in [2.45, 2.75) is 13.1 Å². The van der Waals surface area contributed by atoms with Crippen molar-refractivity contribution >= 4 is 45.8 Å². The van der Waals surface area contributed by atoms with Crippen LogP contribution in [0.1, 0.15) is 5.56 Å². The van der Waals surface area contributed by atoms with E-state index < -0.39 is 17.2 Å². The van der Waals surface area contributed by atoms with Crippen LogP contribution < -0.4 is 26.0 Å². The number of nitrogens with one attached hydrogen (secondary N) is 1. The van der Waals surface area contributed by atoms with Gasteiger partial charge < -0.3 is 14.8 Å². The van der Waals surface area contributed by atoms with Gasteiger partial charge in [0.05, 0.1) is 22.1 Å². The highest BCUT2D eigenvalue weighted by Gasteiger charge is 2.18. The van der Waals surface area contributed by atoms with Gasteiger partial charge in [0.25, 0.3) is 5.56 Å². The number of amides is 1. The third-order valence-corrected chi connectivity index (χ3v) is 6.01. The monoisotopic (exact) mass is 498 g/mol. The fourth-order valence-corrected chi connectivity index (χ4v) is 3.97. The quantitative estimate of drug-likeness (QED) is 0.452. The normalized spacial score (nSPS) is 12.2. The van der Waals surface area contributed by atoms with Crippen LogP contribution in [0.15, 0.2) is 64.3 Å². The highest BCUT2D eigenvalue weighted by Crippen LogP contribution is 2.32. The van der Waals surface area contributed by atoms with Crippen LogP contribution in [-0.4, -0.2) is 26.8 Å². The maximum atomic E-state index is 13.4. The number of halogens is 2. The van der Waals surface area contributed by atoms with Gasteiger partial charge in [-0.3, -0.25) is 18.7 Å². The molecule has 0 bridgehead atoms. The van der Waals surface area contributed by atoms with E-state index in [1.165, 1.54) is 16.8 Å². The molecule has 2 aromatic carbocycles. The smallest absolute Gasteiger partial charge is 0.332 e. The van der Waals surface area contributed by atoms with E-state index in [4.69, 9.17) is 32.7 Å². The number of rotatable bonds is 5. The molecule has 0 saturated carbocycles. The fourth-order valence-electron chi connectivity index (χ4n) is 3.67. The summed E-state index contributed by atoms with van der Waals surface area (Å²) in [6.07, 6.45) is 1.46. The molecule has 5 rings (SSSR count). The summed E-state index contributed by atoms with van der Waals surface area (Å²) in [5.74, 6) is 0.636. The molecule has 0 atom stereocenters.